The van der Waals surface area contributed by atoms with Crippen LogP contribution < -0.4 is 11.1 Å². The molecule has 0 aromatic carbocycles. The van der Waals surface area contributed by atoms with Crippen molar-refractivity contribution in [3.05, 3.63) is 0 Å². The van der Waals surface area contributed by atoms with Crippen LogP contribution in [0.2, 0.25) is 0 Å². The number of hydrogen-bond acceptors (Lipinski definition) is 4. The highest BCUT2D eigenvalue weighted by molar-refractivity contribution is 5.79. The SMILES string of the molecule is COC(CNC(=O)C1CCCCC1CN)CC(=O)O. The van der Waals surface area contributed by atoms with Gasteiger partial charge in [0.2, 0.25) is 5.91 Å². The van der Waals surface area contributed by atoms with E-state index in [9.17, 15) is 9.59 Å². The van der Waals surface area contributed by atoms with Gasteiger partial charge in [-0.25, -0.2) is 0 Å². The lowest BCUT2D eigenvalue weighted by Gasteiger charge is -2.30. The molecule has 0 radical (unpaired) electrons. The van der Waals surface area contributed by atoms with Gasteiger partial charge in [0.25, 0.3) is 0 Å². The molecule has 0 aliphatic heterocycles. The third-order valence-electron chi connectivity index (χ3n) is 3.79. The molecule has 1 rings (SSSR count). The van der Waals surface area contributed by atoms with Gasteiger partial charge in [0.1, 0.15) is 0 Å². The van der Waals surface area contributed by atoms with Crippen LogP contribution in [0.4, 0.5) is 0 Å². The molecular formula is C13H24N2O4. The van der Waals surface area contributed by atoms with E-state index in [4.69, 9.17) is 15.6 Å². The third kappa shape index (κ3) is 5.16. The van der Waals surface area contributed by atoms with Crippen molar-refractivity contribution in [1.82, 2.24) is 5.32 Å². The quantitative estimate of drug-likeness (QED) is 0.621. The van der Waals surface area contributed by atoms with Gasteiger partial charge in [-0.05, 0) is 25.3 Å². The fraction of sp³-hybridized carbons (Fsp3) is 0.846. The molecule has 3 unspecified atom stereocenters. The minimum Gasteiger partial charge on any atom is -0.481 e. The number of carboxylic acid groups (broad SMARTS) is 1. The van der Waals surface area contributed by atoms with Crippen LogP contribution in [0.5, 0.6) is 0 Å². The molecule has 0 aromatic heterocycles. The first-order valence-electron chi connectivity index (χ1n) is 6.80. The van der Waals surface area contributed by atoms with E-state index in [2.05, 4.69) is 5.32 Å². The molecule has 0 saturated heterocycles. The molecule has 1 fully saturated rings. The molecule has 0 aromatic rings. The van der Waals surface area contributed by atoms with Crippen molar-refractivity contribution >= 4 is 11.9 Å². The zero-order valence-electron chi connectivity index (χ0n) is 11.4. The summed E-state index contributed by atoms with van der Waals surface area (Å²) in [5, 5.41) is 11.5. The van der Waals surface area contributed by atoms with Crippen molar-refractivity contribution in [1.29, 1.82) is 0 Å². The van der Waals surface area contributed by atoms with E-state index in [1.54, 1.807) is 0 Å². The number of aliphatic carboxylic acids is 1. The molecular weight excluding hydrogens is 248 g/mol. The smallest absolute Gasteiger partial charge is 0.306 e. The van der Waals surface area contributed by atoms with E-state index < -0.39 is 12.1 Å². The highest BCUT2D eigenvalue weighted by atomic mass is 16.5. The van der Waals surface area contributed by atoms with Gasteiger partial charge < -0.3 is 20.9 Å². The monoisotopic (exact) mass is 272 g/mol. The fourth-order valence-corrected chi connectivity index (χ4v) is 2.61. The predicted molar refractivity (Wildman–Crippen MR) is 70.6 cm³/mol. The minimum atomic E-state index is -0.932. The van der Waals surface area contributed by atoms with Gasteiger partial charge in [0, 0.05) is 19.6 Å². The zero-order chi connectivity index (χ0) is 14.3. The van der Waals surface area contributed by atoms with Crippen molar-refractivity contribution in [3.8, 4) is 0 Å². The molecule has 0 heterocycles. The summed E-state index contributed by atoms with van der Waals surface area (Å²) in [5.41, 5.74) is 5.70. The molecule has 1 amide bonds. The van der Waals surface area contributed by atoms with Crippen LogP contribution in [0.15, 0.2) is 0 Å². The summed E-state index contributed by atoms with van der Waals surface area (Å²) < 4.78 is 5.03. The molecule has 1 aliphatic carbocycles. The molecule has 6 heteroatoms. The number of nitrogens with one attached hydrogen (secondary N) is 1. The number of ether oxygens (including phenoxy) is 1. The summed E-state index contributed by atoms with van der Waals surface area (Å²) in [6.45, 7) is 0.760. The van der Waals surface area contributed by atoms with E-state index in [1.165, 1.54) is 7.11 Å². The van der Waals surface area contributed by atoms with Gasteiger partial charge in [-0.15, -0.1) is 0 Å². The summed E-state index contributed by atoms with van der Waals surface area (Å²) in [5.74, 6) is -0.753. The van der Waals surface area contributed by atoms with Crippen molar-refractivity contribution in [2.24, 2.45) is 17.6 Å². The highest BCUT2D eigenvalue weighted by Gasteiger charge is 2.30. The van der Waals surface area contributed by atoms with E-state index >= 15 is 0 Å². The van der Waals surface area contributed by atoms with E-state index in [-0.39, 0.29) is 30.7 Å². The van der Waals surface area contributed by atoms with Gasteiger partial charge in [-0.2, -0.15) is 0 Å². The molecule has 110 valence electrons. The Morgan fingerprint density at radius 1 is 1.42 bits per heavy atom. The van der Waals surface area contributed by atoms with Gasteiger partial charge in [-0.1, -0.05) is 12.8 Å². The Morgan fingerprint density at radius 2 is 2.11 bits per heavy atom. The number of carbonyl (C=O) groups excluding carboxylic acids is 1. The Hall–Kier alpha value is -1.14. The maximum Gasteiger partial charge on any atom is 0.306 e. The Kier molecular flexibility index (Phi) is 6.80. The van der Waals surface area contributed by atoms with Crippen LogP contribution in [0.3, 0.4) is 0 Å². The van der Waals surface area contributed by atoms with Gasteiger partial charge in [0.15, 0.2) is 0 Å². The molecule has 6 nitrogen and oxygen atoms in total. The average molecular weight is 272 g/mol. The molecule has 4 N–H and O–H groups in total. The molecule has 0 spiro atoms. The lowest BCUT2D eigenvalue weighted by molar-refractivity contribution is -0.140. The Balaban J connectivity index is 2.42. The van der Waals surface area contributed by atoms with E-state index in [0.29, 0.717) is 6.54 Å². The Bertz CT molecular complexity index is 309. The first-order chi connectivity index (χ1) is 9.08. The minimum absolute atomic E-state index is 0.0254. The number of hydrogen-bond donors (Lipinski definition) is 3. The van der Waals surface area contributed by atoms with Crippen LogP contribution in [-0.4, -0.2) is 43.3 Å². The maximum atomic E-state index is 12.1. The summed E-state index contributed by atoms with van der Waals surface area (Å²) in [6.07, 6.45) is 3.45. The van der Waals surface area contributed by atoms with Crippen LogP contribution in [0.25, 0.3) is 0 Å². The van der Waals surface area contributed by atoms with Crippen LogP contribution >= 0.6 is 0 Å². The summed E-state index contributed by atoms with van der Waals surface area (Å²) in [4.78, 5) is 22.7. The van der Waals surface area contributed by atoms with Crippen molar-refractivity contribution in [2.75, 3.05) is 20.2 Å². The highest BCUT2D eigenvalue weighted by Crippen LogP contribution is 2.29. The van der Waals surface area contributed by atoms with E-state index in [1.807, 2.05) is 0 Å². The molecule has 1 saturated carbocycles. The molecule has 19 heavy (non-hydrogen) atoms. The van der Waals surface area contributed by atoms with Crippen LogP contribution in [0.1, 0.15) is 32.1 Å². The average Bonchev–Trinajstić information content (AvgIpc) is 2.42. The largest absolute Gasteiger partial charge is 0.481 e. The van der Waals surface area contributed by atoms with Gasteiger partial charge in [-0.3, -0.25) is 9.59 Å². The normalized spacial score (nSPS) is 24.7. The standard InChI is InChI=1S/C13H24N2O4/c1-19-10(6-12(16)17)8-15-13(18)11-5-3-2-4-9(11)7-14/h9-11H,2-8,14H2,1H3,(H,15,18)(H,16,17). The number of carboxylic acids is 1. The number of carbonyl (C=O) groups is 2. The van der Waals surface area contributed by atoms with Crippen LogP contribution in [0, 0.1) is 11.8 Å². The molecule has 3 atom stereocenters. The Labute approximate surface area is 113 Å². The predicted octanol–water partition coefficient (Wildman–Crippen LogP) is 0.357. The van der Waals surface area contributed by atoms with Gasteiger partial charge in [0.05, 0.1) is 12.5 Å². The summed E-state index contributed by atoms with van der Waals surface area (Å²) in [7, 11) is 1.45. The maximum absolute atomic E-state index is 12.1. The molecule has 0 bridgehead atoms. The lowest BCUT2D eigenvalue weighted by atomic mass is 9.79. The number of rotatable bonds is 7. The van der Waals surface area contributed by atoms with E-state index in [0.717, 1.165) is 25.7 Å². The molecule has 1 aliphatic rings. The second-order valence-corrected chi connectivity index (χ2v) is 5.09. The first kappa shape index (κ1) is 15.9. The number of nitrogens with two attached hydrogens (primary N) is 1. The third-order valence-corrected chi connectivity index (χ3v) is 3.79. The van der Waals surface area contributed by atoms with Crippen molar-refractivity contribution in [2.45, 2.75) is 38.2 Å². The van der Waals surface area contributed by atoms with Crippen molar-refractivity contribution in [3.63, 3.8) is 0 Å². The van der Waals surface area contributed by atoms with Gasteiger partial charge >= 0.3 is 5.97 Å². The fourth-order valence-electron chi connectivity index (χ4n) is 2.61. The lowest BCUT2D eigenvalue weighted by Crippen LogP contribution is -2.42. The number of methoxy groups -OCH3 is 1. The second-order valence-electron chi connectivity index (χ2n) is 5.09. The number of amides is 1. The second kappa shape index (κ2) is 8.12. The first-order valence-corrected chi connectivity index (χ1v) is 6.80. The topological polar surface area (TPSA) is 102 Å². The van der Waals surface area contributed by atoms with Crippen molar-refractivity contribution < 1.29 is 19.4 Å². The Morgan fingerprint density at radius 3 is 2.68 bits per heavy atom. The van der Waals surface area contributed by atoms with Crippen LogP contribution in [-0.2, 0) is 14.3 Å². The zero-order valence-corrected chi connectivity index (χ0v) is 11.4. The summed E-state index contributed by atoms with van der Waals surface area (Å²) in [6, 6.07) is 0. The summed E-state index contributed by atoms with van der Waals surface area (Å²) >= 11 is 0.